The number of fused-ring (bicyclic) bond motifs is 1. The third kappa shape index (κ3) is 3.72. The van der Waals surface area contributed by atoms with Gasteiger partial charge in [0.1, 0.15) is 17.9 Å². The standard InChI is InChI=1S/C23H21F3N4O3S/c1-22(2)20(32)29(14-5-4-13(12-27)17(10-14)23(24,25)26)21(34)30(22)15-6-7-16-18(11-15)33-9-8-28(3)19(16)31/h4-7,10-11,21,34H,8-9H2,1-3H3. The average Bonchev–Trinajstić information content (AvgIpc) is 2.85. The first kappa shape index (κ1) is 23.8. The Balaban J connectivity index is 1.77. The molecule has 0 spiro atoms. The summed E-state index contributed by atoms with van der Waals surface area (Å²) in [5.74, 6) is -0.319. The number of rotatable bonds is 2. The van der Waals surface area contributed by atoms with E-state index >= 15 is 0 Å². The van der Waals surface area contributed by atoms with Crippen molar-refractivity contribution in [2.45, 2.75) is 31.1 Å². The van der Waals surface area contributed by atoms with Crippen molar-refractivity contribution in [3.8, 4) is 11.8 Å². The van der Waals surface area contributed by atoms with E-state index in [1.54, 1.807) is 48.9 Å². The molecule has 2 aliphatic rings. The number of hydrogen-bond acceptors (Lipinski definition) is 6. The monoisotopic (exact) mass is 490 g/mol. The Morgan fingerprint density at radius 1 is 1.15 bits per heavy atom. The minimum absolute atomic E-state index is 0.0327. The molecule has 0 N–H and O–H groups in total. The van der Waals surface area contributed by atoms with E-state index in [1.807, 2.05) is 0 Å². The maximum absolute atomic E-state index is 13.5. The highest BCUT2D eigenvalue weighted by atomic mass is 32.1. The van der Waals surface area contributed by atoms with E-state index in [1.165, 1.54) is 12.1 Å². The van der Waals surface area contributed by atoms with Gasteiger partial charge in [-0.25, -0.2) is 0 Å². The van der Waals surface area contributed by atoms with Gasteiger partial charge in [-0.2, -0.15) is 18.4 Å². The summed E-state index contributed by atoms with van der Waals surface area (Å²) < 4.78 is 46.3. The van der Waals surface area contributed by atoms with Crippen molar-refractivity contribution in [3.05, 3.63) is 53.1 Å². The van der Waals surface area contributed by atoms with Crippen molar-refractivity contribution >= 4 is 35.8 Å². The van der Waals surface area contributed by atoms with E-state index in [4.69, 9.17) is 10.00 Å². The van der Waals surface area contributed by atoms with Crippen LogP contribution < -0.4 is 14.5 Å². The molecule has 0 saturated carbocycles. The lowest BCUT2D eigenvalue weighted by molar-refractivity contribution is -0.137. The fraction of sp³-hybridized carbons (Fsp3) is 0.348. The SMILES string of the molecule is CN1CCOc2cc(N3C(S)N(c4ccc(C#N)c(C(F)(F)F)c4)C(=O)C3(C)C)ccc2C1=O. The molecule has 11 heteroatoms. The smallest absolute Gasteiger partial charge is 0.417 e. The van der Waals surface area contributed by atoms with Crippen LogP contribution in [0.5, 0.6) is 5.75 Å². The summed E-state index contributed by atoms with van der Waals surface area (Å²) in [7, 11) is 1.67. The Kier molecular flexibility index (Phi) is 5.68. The summed E-state index contributed by atoms with van der Waals surface area (Å²) in [6.45, 7) is 3.99. The maximum atomic E-state index is 13.5. The Morgan fingerprint density at radius 2 is 1.82 bits per heavy atom. The molecule has 1 saturated heterocycles. The summed E-state index contributed by atoms with van der Waals surface area (Å²) in [6.07, 6.45) is -4.76. The summed E-state index contributed by atoms with van der Waals surface area (Å²) in [6, 6.07) is 9.54. The molecule has 1 fully saturated rings. The molecular weight excluding hydrogens is 469 g/mol. The van der Waals surface area contributed by atoms with E-state index in [0.717, 1.165) is 17.0 Å². The van der Waals surface area contributed by atoms with Crippen LogP contribution in [-0.2, 0) is 11.0 Å². The minimum atomic E-state index is -4.76. The highest BCUT2D eigenvalue weighted by molar-refractivity contribution is 7.81. The minimum Gasteiger partial charge on any atom is -0.491 e. The van der Waals surface area contributed by atoms with Gasteiger partial charge in [-0.05, 0) is 44.2 Å². The number of halogens is 3. The van der Waals surface area contributed by atoms with Gasteiger partial charge in [0.25, 0.3) is 11.8 Å². The molecule has 7 nitrogen and oxygen atoms in total. The molecule has 1 atom stereocenters. The first-order valence-corrected chi connectivity index (χ1v) is 10.8. The number of carbonyl (C=O) groups excluding carboxylic acids is 2. The summed E-state index contributed by atoms with van der Waals surface area (Å²) >= 11 is 4.58. The summed E-state index contributed by atoms with van der Waals surface area (Å²) in [5.41, 5.74) is -2.94. The van der Waals surface area contributed by atoms with Crippen LogP contribution in [0.3, 0.4) is 0 Å². The zero-order valence-corrected chi connectivity index (χ0v) is 19.4. The molecule has 4 rings (SSSR count). The van der Waals surface area contributed by atoms with E-state index in [9.17, 15) is 22.8 Å². The van der Waals surface area contributed by atoms with Crippen molar-refractivity contribution in [1.29, 1.82) is 5.26 Å². The van der Waals surface area contributed by atoms with Crippen LogP contribution in [0.25, 0.3) is 0 Å². The van der Waals surface area contributed by atoms with Crippen LogP contribution in [-0.4, -0.2) is 48.0 Å². The van der Waals surface area contributed by atoms with Gasteiger partial charge in [0, 0.05) is 24.5 Å². The number of likely N-dealkylation sites (N-methyl/N-ethyl adjacent to an activating group) is 1. The zero-order valence-electron chi connectivity index (χ0n) is 18.6. The maximum Gasteiger partial charge on any atom is 0.417 e. The number of benzene rings is 2. The molecule has 0 bridgehead atoms. The van der Waals surface area contributed by atoms with Crippen LogP contribution in [0, 0.1) is 11.3 Å². The largest absolute Gasteiger partial charge is 0.491 e. The highest BCUT2D eigenvalue weighted by Gasteiger charge is 2.52. The Bertz CT molecular complexity index is 1220. The normalized spacial score (nSPS) is 20.1. The molecule has 0 radical (unpaired) electrons. The van der Waals surface area contributed by atoms with Crippen LogP contribution >= 0.6 is 12.6 Å². The second-order valence-corrected chi connectivity index (χ2v) is 9.01. The first-order valence-electron chi connectivity index (χ1n) is 10.3. The van der Waals surface area contributed by atoms with Gasteiger partial charge >= 0.3 is 6.18 Å². The molecule has 2 aromatic carbocycles. The highest BCUT2D eigenvalue weighted by Crippen LogP contribution is 2.43. The van der Waals surface area contributed by atoms with E-state index in [-0.39, 0.29) is 11.6 Å². The zero-order chi connectivity index (χ0) is 25.0. The third-order valence-electron chi connectivity index (χ3n) is 6.02. The molecule has 2 aliphatic heterocycles. The Morgan fingerprint density at radius 3 is 2.47 bits per heavy atom. The van der Waals surface area contributed by atoms with E-state index < -0.39 is 34.2 Å². The van der Waals surface area contributed by atoms with Crippen molar-refractivity contribution < 1.29 is 27.5 Å². The number of nitriles is 1. The van der Waals surface area contributed by atoms with Gasteiger partial charge in [0.2, 0.25) is 0 Å². The fourth-order valence-electron chi connectivity index (χ4n) is 4.18. The van der Waals surface area contributed by atoms with Crippen molar-refractivity contribution in [3.63, 3.8) is 0 Å². The van der Waals surface area contributed by atoms with Gasteiger partial charge in [0.05, 0.1) is 29.3 Å². The lowest BCUT2D eigenvalue weighted by atomic mass is 10.0. The Hall–Kier alpha value is -3.39. The number of nitrogens with zero attached hydrogens (tertiary/aromatic N) is 4. The van der Waals surface area contributed by atoms with Gasteiger partial charge in [-0.3, -0.25) is 14.5 Å². The molecule has 2 heterocycles. The number of ether oxygens (including phenoxy) is 1. The topological polar surface area (TPSA) is 76.9 Å². The number of hydrogen-bond donors (Lipinski definition) is 1. The number of anilines is 2. The van der Waals surface area contributed by atoms with Crippen molar-refractivity contribution in [1.82, 2.24) is 4.90 Å². The van der Waals surface area contributed by atoms with Gasteiger partial charge < -0.3 is 14.5 Å². The Labute approximate surface area is 199 Å². The molecule has 2 aromatic rings. The van der Waals surface area contributed by atoms with Gasteiger partial charge in [-0.1, -0.05) is 0 Å². The van der Waals surface area contributed by atoms with Crippen molar-refractivity contribution in [2.75, 3.05) is 30.0 Å². The van der Waals surface area contributed by atoms with Crippen molar-refractivity contribution in [2.24, 2.45) is 0 Å². The molecule has 2 amide bonds. The van der Waals surface area contributed by atoms with E-state index in [0.29, 0.717) is 30.2 Å². The number of thiol groups is 1. The summed E-state index contributed by atoms with van der Waals surface area (Å²) in [5, 5.41) is 9.08. The summed E-state index contributed by atoms with van der Waals surface area (Å²) in [4.78, 5) is 30.3. The van der Waals surface area contributed by atoms with Gasteiger partial charge in [0.15, 0.2) is 5.50 Å². The van der Waals surface area contributed by atoms with Crippen LogP contribution in [0.1, 0.15) is 35.3 Å². The molecule has 34 heavy (non-hydrogen) atoms. The van der Waals surface area contributed by atoms with Crippen LogP contribution in [0.4, 0.5) is 24.5 Å². The molecular formula is C23H21F3N4O3S. The second-order valence-electron chi connectivity index (χ2n) is 8.55. The van der Waals surface area contributed by atoms with Gasteiger partial charge in [-0.15, -0.1) is 12.6 Å². The molecule has 1 unspecified atom stereocenters. The van der Waals surface area contributed by atoms with Crippen LogP contribution in [0.15, 0.2) is 36.4 Å². The van der Waals surface area contributed by atoms with E-state index in [2.05, 4.69) is 12.6 Å². The average molecular weight is 491 g/mol. The fourth-order valence-corrected chi connectivity index (χ4v) is 4.84. The lowest BCUT2D eigenvalue weighted by Gasteiger charge is -2.33. The predicted octanol–water partition coefficient (Wildman–Crippen LogP) is 3.89. The second kappa shape index (κ2) is 8.13. The lowest BCUT2D eigenvalue weighted by Crippen LogP contribution is -2.45. The quantitative estimate of drug-likeness (QED) is 0.647. The molecule has 0 aliphatic carbocycles. The number of amides is 2. The first-order chi connectivity index (χ1) is 15.9. The molecule has 0 aromatic heterocycles. The third-order valence-corrected chi connectivity index (χ3v) is 6.48. The molecule has 178 valence electrons. The number of alkyl halides is 3. The van der Waals surface area contributed by atoms with Crippen LogP contribution in [0.2, 0.25) is 0 Å². The number of carbonyl (C=O) groups is 2. The predicted molar refractivity (Wildman–Crippen MR) is 122 cm³/mol.